The molecule has 6 nitrogen and oxygen atoms in total. The van der Waals surface area contributed by atoms with E-state index in [2.05, 4.69) is 16.0 Å². The molecule has 0 spiro atoms. The van der Waals surface area contributed by atoms with Gasteiger partial charge in [0.25, 0.3) is 5.91 Å². The lowest BCUT2D eigenvalue weighted by Gasteiger charge is -2.11. The van der Waals surface area contributed by atoms with Gasteiger partial charge in [-0.25, -0.2) is 0 Å². The first kappa shape index (κ1) is 23.0. The Hall–Kier alpha value is -3.71. The lowest BCUT2D eigenvalue weighted by atomic mass is 10.1. The van der Waals surface area contributed by atoms with E-state index in [1.165, 1.54) is 0 Å². The van der Waals surface area contributed by atoms with Crippen LogP contribution in [0.4, 0.5) is 11.4 Å². The van der Waals surface area contributed by atoms with Gasteiger partial charge in [0.05, 0.1) is 13.0 Å². The fourth-order valence-electron chi connectivity index (χ4n) is 2.91. The predicted octanol–water partition coefficient (Wildman–Crippen LogP) is 4.78. The van der Waals surface area contributed by atoms with E-state index in [-0.39, 0.29) is 16.9 Å². The van der Waals surface area contributed by atoms with Crippen LogP contribution in [0.3, 0.4) is 0 Å². The molecule has 0 bridgehead atoms. The van der Waals surface area contributed by atoms with Gasteiger partial charge in [-0.2, -0.15) is 0 Å². The SMILES string of the molecule is CCCOc1cccc(C(=O)NC(=S)Nc2ccc(NC(=O)Cc3ccccc3)cc2)c1. The van der Waals surface area contributed by atoms with Gasteiger partial charge in [0, 0.05) is 16.9 Å². The Bertz CT molecular complexity index is 1070. The van der Waals surface area contributed by atoms with Gasteiger partial charge in [0.15, 0.2) is 5.11 Å². The molecule has 3 aromatic carbocycles. The van der Waals surface area contributed by atoms with Gasteiger partial charge in [0.1, 0.15) is 5.75 Å². The highest BCUT2D eigenvalue weighted by atomic mass is 32.1. The number of hydrogen-bond donors (Lipinski definition) is 3. The van der Waals surface area contributed by atoms with Gasteiger partial charge in [-0.1, -0.05) is 43.3 Å². The summed E-state index contributed by atoms with van der Waals surface area (Å²) in [6, 6.07) is 23.6. The van der Waals surface area contributed by atoms with Crippen LogP contribution >= 0.6 is 12.2 Å². The topological polar surface area (TPSA) is 79.5 Å². The smallest absolute Gasteiger partial charge is 0.257 e. The second-order valence-electron chi connectivity index (χ2n) is 7.07. The number of carbonyl (C=O) groups excluding carboxylic acids is 2. The van der Waals surface area contributed by atoms with Crippen molar-refractivity contribution in [2.24, 2.45) is 0 Å². The zero-order valence-electron chi connectivity index (χ0n) is 17.8. The van der Waals surface area contributed by atoms with Crippen LogP contribution in [0, 0.1) is 0 Å². The minimum Gasteiger partial charge on any atom is -0.494 e. The van der Waals surface area contributed by atoms with E-state index in [1.54, 1.807) is 42.5 Å². The third-order valence-corrected chi connectivity index (χ3v) is 4.63. The molecular weight excluding hydrogens is 422 g/mol. The van der Waals surface area contributed by atoms with Crippen molar-refractivity contribution < 1.29 is 14.3 Å². The summed E-state index contributed by atoms with van der Waals surface area (Å²) in [7, 11) is 0. The van der Waals surface area contributed by atoms with Gasteiger partial charge >= 0.3 is 0 Å². The number of nitrogens with one attached hydrogen (secondary N) is 3. The van der Waals surface area contributed by atoms with Crippen LogP contribution in [0.25, 0.3) is 0 Å². The number of benzene rings is 3. The molecule has 3 N–H and O–H groups in total. The minimum absolute atomic E-state index is 0.0927. The molecule has 164 valence electrons. The second kappa shape index (κ2) is 11.6. The molecule has 0 aliphatic rings. The maximum atomic E-state index is 12.5. The van der Waals surface area contributed by atoms with E-state index in [1.807, 2.05) is 43.3 Å². The number of rotatable bonds is 8. The summed E-state index contributed by atoms with van der Waals surface area (Å²) in [5.41, 5.74) is 2.78. The van der Waals surface area contributed by atoms with Crippen LogP contribution in [0.15, 0.2) is 78.9 Å². The summed E-state index contributed by atoms with van der Waals surface area (Å²) in [6.45, 7) is 2.61. The molecule has 0 saturated heterocycles. The van der Waals surface area contributed by atoms with Crippen LogP contribution in [0.2, 0.25) is 0 Å². The normalized spacial score (nSPS) is 10.2. The Kier molecular flexibility index (Phi) is 8.34. The summed E-state index contributed by atoms with van der Waals surface area (Å²) in [6.07, 6.45) is 1.20. The Labute approximate surface area is 193 Å². The first-order valence-corrected chi connectivity index (χ1v) is 10.7. The molecular formula is C25H25N3O3S. The van der Waals surface area contributed by atoms with Crippen molar-refractivity contribution >= 4 is 40.5 Å². The van der Waals surface area contributed by atoms with Gasteiger partial charge in [0.2, 0.25) is 5.91 Å². The third kappa shape index (κ3) is 7.21. The van der Waals surface area contributed by atoms with Gasteiger partial charge < -0.3 is 15.4 Å². The van der Waals surface area contributed by atoms with Crippen molar-refractivity contribution in [3.63, 3.8) is 0 Å². The molecule has 0 aromatic heterocycles. The fraction of sp³-hybridized carbons (Fsp3) is 0.160. The molecule has 2 amide bonds. The standard InChI is InChI=1S/C25H25N3O3S/c1-2-15-31-22-10-6-9-19(17-22)24(30)28-25(32)27-21-13-11-20(12-14-21)26-23(29)16-18-7-4-3-5-8-18/h3-14,17H,2,15-16H2,1H3,(H,26,29)(H2,27,28,30,32). The maximum absolute atomic E-state index is 12.5. The van der Waals surface area contributed by atoms with E-state index in [0.29, 0.717) is 35.7 Å². The van der Waals surface area contributed by atoms with Crippen LogP contribution in [-0.4, -0.2) is 23.5 Å². The molecule has 0 heterocycles. The molecule has 32 heavy (non-hydrogen) atoms. The van der Waals surface area contributed by atoms with Crippen molar-refractivity contribution in [1.82, 2.24) is 5.32 Å². The minimum atomic E-state index is -0.325. The Morgan fingerprint density at radius 2 is 1.56 bits per heavy atom. The van der Waals surface area contributed by atoms with Crippen LogP contribution in [0.5, 0.6) is 5.75 Å². The first-order valence-electron chi connectivity index (χ1n) is 10.3. The third-order valence-electron chi connectivity index (χ3n) is 4.43. The van der Waals surface area contributed by atoms with E-state index >= 15 is 0 Å². The summed E-state index contributed by atoms with van der Waals surface area (Å²) in [4.78, 5) is 24.6. The lowest BCUT2D eigenvalue weighted by molar-refractivity contribution is -0.115. The van der Waals surface area contributed by atoms with Crippen molar-refractivity contribution in [2.45, 2.75) is 19.8 Å². The molecule has 7 heteroatoms. The number of thiocarbonyl (C=S) groups is 1. The maximum Gasteiger partial charge on any atom is 0.257 e. The van der Waals surface area contributed by atoms with Crippen molar-refractivity contribution in [3.05, 3.63) is 90.0 Å². The summed E-state index contributed by atoms with van der Waals surface area (Å²) in [5.74, 6) is 0.224. The molecule has 0 unspecified atom stereocenters. The Morgan fingerprint density at radius 1 is 0.875 bits per heavy atom. The Morgan fingerprint density at radius 3 is 2.25 bits per heavy atom. The monoisotopic (exact) mass is 447 g/mol. The summed E-state index contributed by atoms with van der Waals surface area (Å²) in [5, 5.41) is 8.67. The molecule has 3 rings (SSSR count). The molecule has 3 aromatic rings. The summed E-state index contributed by atoms with van der Waals surface area (Å²) < 4.78 is 5.56. The fourth-order valence-corrected chi connectivity index (χ4v) is 3.12. The summed E-state index contributed by atoms with van der Waals surface area (Å²) >= 11 is 5.25. The first-order chi connectivity index (χ1) is 15.5. The van der Waals surface area contributed by atoms with Gasteiger partial charge in [-0.15, -0.1) is 0 Å². The highest BCUT2D eigenvalue weighted by molar-refractivity contribution is 7.80. The van der Waals surface area contributed by atoms with Crippen molar-refractivity contribution in [3.8, 4) is 5.75 Å². The molecule has 0 saturated carbocycles. The average molecular weight is 448 g/mol. The van der Waals surface area contributed by atoms with Crippen molar-refractivity contribution in [1.29, 1.82) is 0 Å². The largest absolute Gasteiger partial charge is 0.494 e. The quantitative estimate of drug-likeness (QED) is 0.433. The van der Waals surface area contributed by atoms with E-state index < -0.39 is 0 Å². The van der Waals surface area contributed by atoms with Crippen molar-refractivity contribution in [2.75, 3.05) is 17.2 Å². The van der Waals surface area contributed by atoms with Crippen LogP contribution in [0.1, 0.15) is 29.3 Å². The van der Waals surface area contributed by atoms with Crippen LogP contribution in [-0.2, 0) is 11.2 Å². The molecule has 0 aliphatic carbocycles. The zero-order chi connectivity index (χ0) is 22.8. The number of hydrogen-bond acceptors (Lipinski definition) is 4. The van der Waals surface area contributed by atoms with E-state index in [9.17, 15) is 9.59 Å². The lowest BCUT2D eigenvalue weighted by Crippen LogP contribution is -2.34. The van der Waals surface area contributed by atoms with E-state index in [4.69, 9.17) is 17.0 Å². The second-order valence-corrected chi connectivity index (χ2v) is 7.48. The van der Waals surface area contributed by atoms with Crippen LogP contribution < -0.4 is 20.7 Å². The zero-order valence-corrected chi connectivity index (χ0v) is 18.6. The van der Waals surface area contributed by atoms with E-state index in [0.717, 1.165) is 12.0 Å². The molecule has 0 atom stereocenters. The average Bonchev–Trinajstić information content (AvgIpc) is 2.79. The highest BCUT2D eigenvalue weighted by Gasteiger charge is 2.10. The number of anilines is 2. The Balaban J connectivity index is 1.50. The molecule has 0 radical (unpaired) electrons. The highest BCUT2D eigenvalue weighted by Crippen LogP contribution is 2.15. The molecule has 0 fully saturated rings. The molecule has 0 aliphatic heterocycles. The number of amides is 2. The van der Waals surface area contributed by atoms with Gasteiger partial charge in [-0.3, -0.25) is 14.9 Å². The number of carbonyl (C=O) groups is 2. The predicted molar refractivity (Wildman–Crippen MR) is 131 cm³/mol. The number of ether oxygens (including phenoxy) is 1. The van der Waals surface area contributed by atoms with Gasteiger partial charge in [-0.05, 0) is 66.7 Å².